The molecule has 0 saturated heterocycles. The fourth-order valence-electron chi connectivity index (χ4n) is 3.27. The van der Waals surface area contributed by atoms with Crippen molar-refractivity contribution in [2.24, 2.45) is 5.92 Å². The van der Waals surface area contributed by atoms with Gasteiger partial charge < -0.3 is 15.2 Å². The minimum Gasteiger partial charge on any atom is -0.494 e. The number of fused-ring (bicyclic) bond motifs is 1. The molecule has 0 unspecified atom stereocenters. The van der Waals surface area contributed by atoms with E-state index in [0.29, 0.717) is 5.56 Å². The number of rotatable bonds is 6. The monoisotopic (exact) mass is 414 g/mol. The van der Waals surface area contributed by atoms with Crippen LogP contribution in [0, 0.1) is 5.92 Å². The molecule has 0 amide bonds. The summed E-state index contributed by atoms with van der Waals surface area (Å²) in [6.07, 6.45) is 13.3. The van der Waals surface area contributed by atoms with Gasteiger partial charge >= 0.3 is 0 Å². The molecular weight excluding hydrogens is 376 g/mol. The van der Waals surface area contributed by atoms with Gasteiger partial charge in [-0.05, 0) is 67.3 Å². The number of nitrogens with zero attached hydrogens (tertiary/aromatic N) is 1. The molecule has 1 heterocycles. The highest BCUT2D eigenvalue weighted by Crippen LogP contribution is 2.32. The van der Waals surface area contributed by atoms with Gasteiger partial charge in [-0.3, -0.25) is 9.78 Å². The molecule has 30 heavy (non-hydrogen) atoms. The Morgan fingerprint density at radius 1 is 1.13 bits per heavy atom. The molecule has 0 spiro atoms. The molecule has 4 rings (SSSR count). The number of hydrogen-bond acceptors (Lipinski definition) is 5. The Morgan fingerprint density at radius 2 is 1.83 bits per heavy atom. The molecule has 1 fully saturated rings. The minimum atomic E-state index is 0.637. The number of aliphatic hydroxyl groups excluding tert-OH is 1. The molecule has 0 atom stereocenters. The normalized spacial score (nSPS) is 13.6. The summed E-state index contributed by atoms with van der Waals surface area (Å²) in [6.45, 7) is 4.91. The summed E-state index contributed by atoms with van der Waals surface area (Å²) in [7, 11) is 2.75. The van der Waals surface area contributed by atoms with Crippen LogP contribution in [0.2, 0.25) is 0 Å². The molecule has 1 saturated carbocycles. The number of aliphatic hydroxyl groups is 1. The summed E-state index contributed by atoms with van der Waals surface area (Å²) in [5.74, 6) is 2.05. The van der Waals surface area contributed by atoms with Crippen LogP contribution in [0.15, 0.2) is 36.7 Å². The van der Waals surface area contributed by atoms with Gasteiger partial charge in [0.15, 0.2) is 6.29 Å². The van der Waals surface area contributed by atoms with E-state index in [4.69, 9.17) is 9.84 Å². The van der Waals surface area contributed by atoms with Crippen molar-refractivity contribution < 1.29 is 14.6 Å². The van der Waals surface area contributed by atoms with Crippen LogP contribution in [-0.2, 0) is 12.8 Å². The molecule has 2 aromatic rings. The molecule has 0 radical (unpaired) electrons. The van der Waals surface area contributed by atoms with Crippen LogP contribution in [0.3, 0.4) is 0 Å². The van der Waals surface area contributed by atoms with E-state index in [0.717, 1.165) is 37.4 Å². The number of aryl methyl sites for hydroxylation is 2. The fourth-order valence-corrected chi connectivity index (χ4v) is 3.27. The Bertz CT molecular complexity index is 730. The Hall–Kier alpha value is -2.40. The van der Waals surface area contributed by atoms with Crippen molar-refractivity contribution in [2.45, 2.75) is 58.8 Å². The molecule has 2 aliphatic rings. The smallest absolute Gasteiger partial charge is 0.152 e. The predicted octanol–water partition coefficient (Wildman–Crippen LogP) is 5.31. The second-order valence-electron chi connectivity index (χ2n) is 7.05. The SMILES string of the molecule is CC.CNc1cnccc1C=O.CO.c1cc2c(cc1OCCC1CC1)CCCC2. The first-order chi connectivity index (χ1) is 14.8. The number of pyridine rings is 1. The number of anilines is 1. The molecule has 5 nitrogen and oxygen atoms in total. The van der Waals surface area contributed by atoms with Crippen molar-refractivity contribution in [3.05, 3.63) is 53.3 Å². The molecular formula is C25H38N2O3. The molecule has 2 N–H and O–H groups in total. The predicted molar refractivity (Wildman–Crippen MR) is 125 cm³/mol. The molecule has 1 aromatic carbocycles. The Labute approximate surface area is 181 Å². The second kappa shape index (κ2) is 15.4. The second-order valence-corrected chi connectivity index (χ2v) is 7.05. The minimum absolute atomic E-state index is 0.637. The van der Waals surface area contributed by atoms with Gasteiger partial charge in [-0.1, -0.05) is 32.8 Å². The number of aldehydes is 1. The molecule has 166 valence electrons. The summed E-state index contributed by atoms with van der Waals surface area (Å²) in [6, 6.07) is 8.35. The number of nitrogens with one attached hydrogen (secondary N) is 1. The van der Waals surface area contributed by atoms with Crippen molar-refractivity contribution in [1.82, 2.24) is 4.98 Å². The van der Waals surface area contributed by atoms with E-state index in [9.17, 15) is 4.79 Å². The van der Waals surface area contributed by atoms with Gasteiger partial charge in [0.1, 0.15) is 5.75 Å². The lowest BCUT2D eigenvalue weighted by Crippen LogP contribution is -2.04. The Morgan fingerprint density at radius 3 is 2.43 bits per heavy atom. The van der Waals surface area contributed by atoms with Gasteiger partial charge in [0.2, 0.25) is 0 Å². The van der Waals surface area contributed by atoms with Crippen molar-refractivity contribution in [2.75, 3.05) is 26.1 Å². The maximum atomic E-state index is 10.3. The maximum Gasteiger partial charge on any atom is 0.152 e. The van der Waals surface area contributed by atoms with Crippen LogP contribution >= 0.6 is 0 Å². The van der Waals surface area contributed by atoms with Gasteiger partial charge in [-0.25, -0.2) is 0 Å². The first kappa shape index (κ1) is 25.6. The van der Waals surface area contributed by atoms with Crippen molar-refractivity contribution in [1.29, 1.82) is 0 Å². The molecule has 2 aliphatic carbocycles. The lowest BCUT2D eigenvalue weighted by molar-refractivity contribution is 0.112. The van der Waals surface area contributed by atoms with E-state index < -0.39 is 0 Å². The third-order valence-corrected chi connectivity index (χ3v) is 5.06. The summed E-state index contributed by atoms with van der Waals surface area (Å²) >= 11 is 0. The van der Waals surface area contributed by atoms with Gasteiger partial charge in [-0.2, -0.15) is 0 Å². The average molecular weight is 415 g/mol. The highest BCUT2D eigenvalue weighted by atomic mass is 16.5. The molecule has 0 bridgehead atoms. The standard InChI is InChI=1S/C15H20O.C7H8N2O.C2H6.CH4O/c1-2-4-14-11-15(8-7-13(14)3-1)16-10-9-12-5-6-12;1-8-7-4-9-3-2-6(7)5-10;2*1-2/h7-8,11-12H,1-6,9-10H2;2-5,8H,1H3;1-2H3;2H,1H3. The summed E-state index contributed by atoms with van der Waals surface area (Å²) < 4.78 is 5.82. The van der Waals surface area contributed by atoms with E-state index >= 15 is 0 Å². The van der Waals surface area contributed by atoms with E-state index in [1.807, 2.05) is 13.8 Å². The number of carbonyl (C=O) groups excluding carboxylic acids is 1. The fraction of sp³-hybridized carbons (Fsp3) is 0.520. The zero-order chi connectivity index (χ0) is 22.2. The highest BCUT2D eigenvalue weighted by molar-refractivity contribution is 5.83. The third-order valence-electron chi connectivity index (χ3n) is 5.06. The van der Waals surface area contributed by atoms with Crippen LogP contribution < -0.4 is 10.1 Å². The zero-order valence-corrected chi connectivity index (χ0v) is 19.0. The van der Waals surface area contributed by atoms with Crippen molar-refractivity contribution in [3.63, 3.8) is 0 Å². The first-order valence-corrected chi connectivity index (χ1v) is 11.1. The zero-order valence-electron chi connectivity index (χ0n) is 19.0. The topological polar surface area (TPSA) is 71.5 Å². The van der Waals surface area contributed by atoms with E-state index in [1.165, 1.54) is 50.5 Å². The largest absolute Gasteiger partial charge is 0.494 e. The molecule has 0 aliphatic heterocycles. The highest BCUT2D eigenvalue weighted by Gasteiger charge is 2.20. The third kappa shape index (κ3) is 8.95. The maximum absolute atomic E-state index is 10.3. The quantitative estimate of drug-likeness (QED) is 0.626. The van der Waals surface area contributed by atoms with E-state index in [2.05, 4.69) is 28.5 Å². The molecule has 1 aromatic heterocycles. The summed E-state index contributed by atoms with van der Waals surface area (Å²) in [5.41, 5.74) is 4.46. The number of benzene rings is 1. The van der Waals surface area contributed by atoms with Gasteiger partial charge in [-0.15, -0.1) is 0 Å². The number of aromatic nitrogens is 1. The Kier molecular flexibility index (Phi) is 13.2. The lowest BCUT2D eigenvalue weighted by atomic mass is 9.92. The summed E-state index contributed by atoms with van der Waals surface area (Å²) in [4.78, 5) is 14.2. The Balaban J connectivity index is 0.000000279. The number of ether oxygens (including phenoxy) is 1. The van der Waals surface area contributed by atoms with Crippen molar-refractivity contribution in [3.8, 4) is 5.75 Å². The number of hydrogen-bond donors (Lipinski definition) is 2. The van der Waals surface area contributed by atoms with Crippen LogP contribution in [0.4, 0.5) is 5.69 Å². The van der Waals surface area contributed by atoms with Crippen molar-refractivity contribution >= 4 is 12.0 Å². The molecule has 5 heteroatoms. The van der Waals surface area contributed by atoms with Crippen LogP contribution in [0.1, 0.15) is 67.4 Å². The van der Waals surface area contributed by atoms with Crippen LogP contribution in [0.25, 0.3) is 0 Å². The van der Waals surface area contributed by atoms with Gasteiger partial charge in [0.25, 0.3) is 0 Å². The first-order valence-electron chi connectivity index (χ1n) is 11.1. The van der Waals surface area contributed by atoms with Gasteiger partial charge in [0, 0.05) is 25.9 Å². The average Bonchev–Trinajstić information content (AvgIpc) is 3.66. The summed E-state index contributed by atoms with van der Waals surface area (Å²) in [5, 5.41) is 9.85. The van der Waals surface area contributed by atoms with Gasteiger partial charge in [0.05, 0.1) is 18.5 Å². The van der Waals surface area contributed by atoms with E-state index in [1.54, 1.807) is 31.1 Å². The van der Waals surface area contributed by atoms with Crippen LogP contribution in [0.5, 0.6) is 5.75 Å². The number of carbonyl (C=O) groups is 1. The lowest BCUT2D eigenvalue weighted by Gasteiger charge is -2.16. The van der Waals surface area contributed by atoms with E-state index in [-0.39, 0.29) is 0 Å². The van der Waals surface area contributed by atoms with Crippen LogP contribution in [-0.4, -0.2) is 37.1 Å².